The summed E-state index contributed by atoms with van der Waals surface area (Å²) in [6, 6.07) is 14.2. The molecule has 2 aromatic carbocycles. The maximum absolute atomic E-state index is 12.2. The summed E-state index contributed by atoms with van der Waals surface area (Å²) in [5, 5.41) is 15.2. The number of anilines is 1. The average Bonchev–Trinajstić information content (AvgIpc) is 3.16. The summed E-state index contributed by atoms with van der Waals surface area (Å²) < 4.78 is 6.03. The molecule has 1 aromatic heterocycles. The Balaban J connectivity index is 1.50. The Morgan fingerprint density at radius 1 is 1.14 bits per heavy atom. The normalized spacial score (nSPS) is 10.7. The first-order valence-electron chi connectivity index (χ1n) is 8.39. The van der Waals surface area contributed by atoms with Crippen molar-refractivity contribution in [2.75, 3.05) is 12.4 Å². The first-order valence-corrected chi connectivity index (χ1v) is 9.99. The van der Waals surface area contributed by atoms with Crippen LogP contribution in [0.3, 0.4) is 0 Å². The molecule has 3 aromatic rings. The highest BCUT2D eigenvalue weighted by Gasteiger charge is 2.12. The lowest BCUT2D eigenvalue weighted by Gasteiger charge is -2.02. The summed E-state index contributed by atoms with van der Waals surface area (Å²) in [6.45, 7) is 0. The van der Waals surface area contributed by atoms with Gasteiger partial charge in [-0.3, -0.25) is 14.9 Å². The van der Waals surface area contributed by atoms with Crippen molar-refractivity contribution in [1.82, 2.24) is 15.6 Å². The lowest BCUT2D eigenvalue weighted by atomic mass is 10.2. The van der Waals surface area contributed by atoms with E-state index in [9.17, 15) is 9.59 Å². The Bertz CT molecular complexity index is 1020. The van der Waals surface area contributed by atoms with Crippen LogP contribution in [0.4, 0.5) is 5.13 Å². The molecule has 148 valence electrons. The van der Waals surface area contributed by atoms with Gasteiger partial charge in [0.1, 0.15) is 10.8 Å². The number of benzene rings is 2. The van der Waals surface area contributed by atoms with Gasteiger partial charge in [0.2, 0.25) is 11.0 Å². The van der Waals surface area contributed by atoms with Crippen LogP contribution in [-0.4, -0.2) is 35.3 Å². The number of hydrogen-bond acceptors (Lipinski definition) is 7. The zero-order chi connectivity index (χ0) is 20.6. The molecule has 29 heavy (non-hydrogen) atoms. The molecule has 0 aliphatic rings. The Morgan fingerprint density at radius 2 is 1.86 bits per heavy atom. The maximum Gasteiger partial charge on any atom is 0.257 e. The molecule has 0 aliphatic heterocycles. The molecule has 0 fully saturated rings. The van der Waals surface area contributed by atoms with Crippen molar-refractivity contribution in [2.24, 2.45) is 5.10 Å². The van der Waals surface area contributed by atoms with E-state index in [0.717, 1.165) is 21.4 Å². The van der Waals surface area contributed by atoms with Gasteiger partial charge in [0.15, 0.2) is 0 Å². The Labute approximate surface area is 179 Å². The molecule has 2 amide bonds. The minimum Gasteiger partial charge on any atom is -0.497 e. The molecular formula is C19H16BrN5O3S. The number of nitrogens with one attached hydrogen (secondary N) is 2. The van der Waals surface area contributed by atoms with Gasteiger partial charge in [-0.2, -0.15) is 5.10 Å². The number of carbonyl (C=O) groups is 2. The van der Waals surface area contributed by atoms with Crippen LogP contribution in [0.15, 0.2) is 58.1 Å². The fourth-order valence-electron chi connectivity index (χ4n) is 2.19. The van der Waals surface area contributed by atoms with E-state index in [-0.39, 0.29) is 18.2 Å². The lowest BCUT2D eigenvalue weighted by Crippen LogP contribution is -2.19. The van der Waals surface area contributed by atoms with Crippen molar-refractivity contribution in [1.29, 1.82) is 0 Å². The number of ether oxygens (including phenoxy) is 1. The molecule has 1 heterocycles. The van der Waals surface area contributed by atoms with Crippen molar-refractivity contribution in [2.45, 2.75) is 6.42 Å². The number of carbonyl (C=O) groups excluding carboxylic acids is 2. The molecular weight excluding hydrogens is 458 g/mol. The molecule has 0 saturated heterocycles. The van der Waals surface area contributed by atoms with E-state index in [4.69, 9.17) is 4.74 Å². The third kappa shape index (κ3) is 6.19. The predicted molar refractivity (Wildman–Crippen MR) is 114 cm³/mol. The summed E-state index contributed by atoms with van der Waals surface area (Å²) in [5.74, 6) is 0.00926. The Morgan fingerprint density at radius 3 is 2.55 bits per heavy atom. The van der Waals surface area contributed by atoms with E-state index in [1.54, 1.807) is 37.6 Å². The van der Waals surface area contributed by atoms with Crippen LogP contribution < -0.4 is 15.5 Å². The highest BCUT2D eigenvalue weighted by molar-refractivity contribution is 9.10. The number of hydrogen-bond donors (Lipinski definition) is 2. The van der Waals surface area contributed by atoms with Crippen LogP contribution in [0.2, 0.25) is 0 Å². The molecule has 0 spiro atoms. The summed E-state index contributed by atoms with van der Waals surface area (Å²) in [4.78, 5) is 24.2. The number of hydrazone groups is 1. The number of halogens is 1. The molecule has 3 rings (SSSR count). The molecule has 2 N–H and O–H groups in total. The fraction of sp³-hybridized carbons (Fsp3) is 0.105. The predicted octanol–water partition coefficient (Wildman–Crippen LogP) is 3.25. The molecule has 10 heteroatoms. The third-order valence-electron chi connectivity index (χ3n) is 3.62. The van der Waals surface area contributed by atoms with Gasteiger partial charge in [-0.05, 0) is 42.0 Å². The summed E-state index contributed by atoms with van der Waals surface area (Å²) in [6.07, 6.45) is 1.55. The Kier molecular flexibility index (Phi) is 7.04. The van der Waals surface area contributed by atoms with Crippen LogP contribution in [0.25, 0.3) is 0 Å². The lowest BCUT2D eigenvalue weighted by molar-refractivity contribution is -0.120. The van der Waals surface area contributed by atoms with E-state index in [0.29, 0.717) is 21.5 Å². The van der Waals surface area contributed by atoms with E-state index >= 15 is 0 Å². The van der Waals surface area contributed by atoms with Crippen molar-refractivity contribution in [3.05, 3.63) is 69.1 Å². The number of aromatic nitrogens is 2. The van der Waals surface area contributed by atoms with Gasteiger partial charge in [0, 0.05) is 10.0 Å². The molecule has 0 aliphatic carbocycles. The van der Waals surface area contributed by atoms with Gasteiger partial charge in [0.25, 0.3) is 5.91 Å². The zero-order valence-corrected chi connectivity index (χ0v) is 17.7. The van der Waals surface area contributed by atoms with Gasteiger partial charge in [-0.25, -0.2) is 5.43 Å². The second-order valence-electron chi connectivity index (χ2n) is 5.71. The summed E-state index contributed by atoms with van der Waals surface area (Å²) in [5.41, 5.74) is 3.75. The minimum absolute atomic E-state index is 0.00769. The smallest absolute Gasteiger partial charge is 0.257 e. The van der Waals surface area contributed by atoms with Crippen LogP contribution in [-0.2, 0) is 11.2 Å². The van der Waals surface area contributed by atoms with E-state index in [2.05, 4.69) is 42.0 Å². The molecule has 0 unspecified atom stereocenters. The van der Waals surface area contributed by atoms with Crippen molar-refractivity contribution >= 4 is 50.4 Å². The highest BCUT2D eigenvalue weighted by atomic mass is 79.9. The van der Waals surface area contributed by atoms with Crippen LogP contribution in [0.1, 0.15) is 20.9 Å². The number of nitrogens with zero attached hydrogens (tertiary/aromatic N) is 3. The summed E-state index contributed by atoms with van der Waals surface area (Å²) in [7, 11) is 1.56. The van der Waals surface area contributed by atoms with Crippen molar-refractivity contribution in [3.8, 4) is 5.75 Å². The number of rotatable bonds is 7. The first-order chi connectivity index (χ1) is 14.0. The van der Waals surface area contributed by atoms with Crippen LogP contribution in [0, 0.1) is 0 Å². The molecule has 8 nitrogen and oxygen atoms in total. The van der Waals surface area contributed by atoms with Crippen molar-refractivity contribution in [3.63, 3.8) is 0 Å². The standard InChI is InChI=1S/C19H16BrN5O3S/c1-28-15-8-4-13(5-9-15)18(27)22-19-25-24-17(29-19)10-16(26)23-21-11-12-2-6-14(20)7-3-12/h2-9,11H,10H2,1H3,(H,23,26)(H,22,25,27)/b21-11+. The maximum atomic E-state index is 12.2. The van der Waals surface area contributed by atoms with Crippen LogP contribution >= 0.6 is 27.3 Å². The van der Waals surface area contributed by atoms with Gasteiger partial charge < -0.3 is 4.74 Å². The molecule has 0 bridgehead atoms. The fourth-order valence-corrected chi connectivity index (χ4v) is 3.19. The minimum atomic E-state index is -0.331. The first kappa shape index (κ1) is 20.6. The SMILES string of the molecule is COc1ccc(C(=O)Nc2nnc(CC(=O)N/N=C/c3ccc(Br)cc3)s2)cc1. The van der Waals surface area contributed by atoms with E-state index in [1.165, 1.54) is 0 Å². The van der Waals surface area contributed by atoms with Gasteiger partial charge in [0.05, 0.1) is 19.7 Å². The number of amides is 2. The largest absolute Gasteiger partial charge is 0.497 e. The average molecular weight is 474 g/mol. The van der Waals surface area contributed by atoms with E-state index in [1.807, 2.05) is 24.3 Å². The quantitative estimate of drug-likeness (QED) is 0.404. The van der Waals surface area contributed by atoms with Gasteiger partial charge >= 0.3 is 0 Å². The summed E-state index contributed by atoms with van der Waals surface area (Å²) >= 11 is 4.48. The van der Waals surface area contributed by atoms with Crippen molar-refractivity contribution < 1.29 is 14.3 Å². The van der Waals surface area contributed by atoms with Gasteiger partial charge in [-0.1, -0.05) is 39.4 Å². The topological polar surface area (TPSA) is 106 Å². The second kappa shape index (κ2) is 9.89. The second-order valence-corrected chi connectivity index (χ2v) is 7.68. The molecule has 0 atom stereocenters. The monoisotopic (exact) mass is 473 g/mol. The third-order valence-corrected chi connectivity index (χ3v) is 4.99. The van der Waals surface area contributed by atoms with Gasteiger partial charge in [-0.15, -0.1) is 10.2 Å². The molecule has 0 radical (unpaired) electrons. The highest BCUT2D eigenvalue weighted by Crippen LogP contribution is 2.18. The Hall–Kier alpha value is -3.11. The zero-order valence-electron chi connectivity index (χ0n) is 15.3. The number of methoxy groups -OCH3 is 1. The molecule has 0 saturated carbocycles. The van der Waals surface area contributed by atoms with E-state index < -0.39 is 0 Å². The van der Waals surface area contributed by atoms with Crippen LogP contribution in [0.5, 0.6) is 5.75 Å².